The number of carbonyl (C=O) groups excluding carboxylic acids is 2. The molecule has 0 aliphatic rings. The van der Waals surface area contributed by atoms with E-state index in [1.165, 1.54) is 30.3 Å². The van der Waals surface area contributed by atoms with Gasteiger partial charge in [0.05, 0.1) is 5.69 Å². The van der Waals surface area contributed by atoms with Gasteiger partial charge in [-0.25, -0.2) is 9.59 Å². The van der Waals surface area contributed by atoms with Crippen LogP contribution in [0, 0.1) is 6.92 Å². The smallest absolute Gasteiger partial charge is 0.339 e. The van der Waals surface area contributed by atoms with Crippen molar-refractivity contribution in [2.75, 3.05) is 5.32 Å². The van der Waals surface area contributed by atoms with Crippen molar-refractivity contribution >= 4 is 29.3 Å². The molecule has 0 spiro atoms. The molecule has 0 bridgehead atoms. The number of aromatic hydroxyl groups is 1. The molecule has 7 nitrogen and oxygen atoms in total. The number of phenols is 1. The summed E-state index contributed by atoms with van der Waals surface area (Å²) in [5, 5.41) is 20.9. The summed E-state index contributed by atoms with van der Waals surface area (Å²) in [6.07, 6.45) is 1.43. The van der Waals surface area contributed by atoms with Crippen LogP contribution in [0.2, 0.25) is 0 Å². The number of aromatic carboxylic acids is 1. The topological polar surface area (TPSA) is 116 Å². The fraction of sp³-hybridized carbons (Fsp3) is 0.0625. The molecule has 0 aliphatic heterocycles. The molecule has 23 heavy (non-hydrogen) atoms. The Balaban J connectivity index is 2.25. The zero-order valence-electron chi connectivity index (χ0n) is 12.0. The number of aryl methyl sites for hydroxylation is 1. The average molecular weight is 312 g/mol. The number of rotatable bonds is 4. The SMILES string of the molecule is Cc1cc(C(=O)Nc2ccc(O)c(C(=O)O)c2)ccc1N=C=O. The van der Waals surface area contributed by atoms with Crippen LogP contribution < -0.4 is 5.32 Å². The van der Waals surface area contributed by atoms with Gasteiger partial charge in [-0.2, -0.15) is 4.99 Å². The number of hydrogen-bond acceptors (Lipinski definition) is 5. The molecule has 0 saturated heterocycles. The maximum absolute atomic E-state index is 12.2. The van der Waals surface area contributed by atoms with E-state index in [9.17, 15) is 19.5 Å². The molecule has 0 fully saturated rings. The number of carboxylic acids is 1. The van der Waals surface area contributed by atoms with Crippen LogP contribution >= 0.6 is 0 Å². The Morgan fingerprint density at radius 3 is 2.52 bits per heavy atom. The lowest BCUT2D eigenvalue weighted by Crippen LogP contribution is -2.12. The molecule has 2 aromatic rings. The van der Waals surface area contributed by atoms with E-state index in [2.05, 4.69) is 10.3 Å². The molecule has 0 saturated carbocycles. The van der Waals surface area contributed by atoms with Gasteiger partial charge < -0.3 is 15.5 Å². The second kappa shape index (κ2) is 6.55. The van der Waals surface area contributed by atoms with Crippen LogP contribution in [0.1, 0.15) is 26.3 Å². The number of aliphatic imine (C=N–C) groups is 1. The van der Waals surface area contributed by atoms with Gasteiger partial charge in [0.15, 0.2) is 0 Å². The number of nitrogens with zero attached hydrogens (tertiary/aromatic N) is 1. The highest BCUT2D eigenvalue weighted by Crippen LogP contribution is 2.23. The van der Waals surface area contributed by atoms with Crippen molar-refractivity contribution < 1.29 is 24.6 Å². The Hall–Kier alpha value is -3.44. The van der Waals surface area contributed by atoms with Crippen LogP contribution in [0.5, 0.6) is 5.75 Å². The number of carboxylic acid groups (broad SMARTS) is 1. The van der Waals surface area contributed by atoms with Crippen LogP contribution in [-0.2, 0) is 4.79 Å². The summed E-state index contributed by atoms with van der Waals surface area (Å²) in [7, 11) is 0. The predicted octanol–water partition coefficient (Wildman–Crippen LogP) is 2.62. The first kappa shape index (κ1) is 15.9. The maximum atomic E-state index is 12.2. The van der Waals surface area contributed by atoms with Crippen molar-refractivity contribution in [3.05, 3.63) is 53.1 Å². The second-order valence-electron chi connectivity index (χ2n) is 4.70. The third-order valence-electron chi connectivity index (χ3n) is 3.11. The third-order valence-corrected chi connectivity index (χ3v) is 3.11. The Morgan fingerprint density at radius 1 is 1.17 bits per heavy atom. The van der Waals surface area contributed by atoms with Gasteiger partial charge in [-0.1, -0.05) is 0 Å². The maximum Gasteiger partial charge on any atom is 0.339 e. The van der Waals surface area contributed by atoms with Gasteiger partial charge in [0.1, 0.15) is 11.3 Å². The van der Waals surface area contributed by atoms with Crippen molar-refractivity contribution in [2.45, 2.75) is 6.92 Å². The molecule has 1 amide bonds. The van der Waals surface area contributed by atoms with Crippen LogP contribution in [0.4, 0.5) is 11.4 Å². The number of nitrogens with one attached hydrogen (secondary N) is 1. The highest BCUT2D eigenvalue weighted by atomic mass is 16.4. The largest absolute Gasteiger partial charge is 0.507 e. The Morgan fingerprint density at radius 2 is 1.91 bits per heavy atom. The lowest BCUT2D eigenvalue weighted by molar-refractivity contribution is 0.0693. The molecule has 0 aliphatic carbocycles. The molecule has 7 heteroatoms. The fourth-order valence-corrected chi connectivity index (χ4v) is 1.96. The van der Waals surface area contributed by atoms with Gasteiger partial charge in [0.2, 0.25) is 6.08 Å². The lowest BCUT2D eigenvalue weighted by atomic mass is 10.1. The predicted molar refractivity (Wildman–Crippen MR) is 82.0 cm³/mol. The number of isocyanates is 1. The summed E-state index contributed by atoms with van der Waals surface area (Å²) in [4.78, 5) is 36.9. The molecular formula is C16H12N2O5. The van der Waals surface area contributed by atoms with Gasteiger partial charge in [-0.3, -0.25) is 4.79 Å². The number of amides is 1. The first-order chi connectivity index (χ1) is 10.9. The Labute approximate surface area is 130 Å². The van der Waals surface area contributed by atoms with Crippen molar-refractivity contribution in [1.82, 2.24) is 0 Å². The van der Waals surface area contributed by atoms with Gasteiger partial charge in [0.25, 0.3) is 5.91 Å². The van der Waals surface area contributed by atoms with E-state index in [4.69, 9.17) is 5.11 Å². The molecule has 0 atom stereocenters. The Bertz CT molecular complexity index is 838. The van der Waals surface area contributed by atoms with Gasteiger partial charge in [-0.15, -0.1) is 0 Å². The van der Waals surface area contributed by atoms with Crippen LogP contribution in [0.3, 0.4) is 0 Å². The molecule has 2 rings (SSSR count). The van der Waals surface area contributed by atoms with E-state index in [0.717, 1.165) is 6.07 Å². The van der Waals surface area contributed by atoms with Gasteiger partial charge in [0, 0.05) is 11.3 Å². The highest BCUT2D eigenvalue weighted by Gasteiger charge is 2.13. The van der Waals surface area contributed by atoms with E-state index in [1.807, 2.05) is 0 Å². The number of hydrogen-bond donors (Lipinski definition) is 3. The van der Waals surface area contributed by atoms with E-state index in [-0.39, 0.29) is 17.0 Å². The molecule has 0 heterocycles. The molecule has 3 N–H and O–H groups in total. The minimum Gasteiger partial charge on any atom is -0.507 e. The van der Waals surface area contributed by atoms with Crippen LogP contribution in [-0.4, -0.2) is 28.2 Å². The van der Waals surface area contributed by atoms with E-state index in [0.29, 0.717) is 16.8 Å². The quantitative estimate of drug-likeness (QED) is 0.456. The highest BCUT2D eigenvalue weighted by molar-refractivity contribution is 6.05. The molecule has 2 aromatic carbocycles. The summed E-state index contributed by atoms with van der Waals surface area (Å²) in [6, 6.07) is 8.27. The summed E-state index contributed by atoms with van der Waals surface area (Å²) in [6.45, 7) is 1.69. The zero-order valence-corrected chi connectivity index (χ0v) is 12.0. The molecule has 0 radical (unpaired) electrons. The minimum absolute atomic E-state index is 0.234. The van der Waals surface area contributed by atoms with Crippen molar-refractivity contribution in [3.63, 3.8) is 0 Å². The third kappa shape index (κ3) is 3.61. The van der Waals surface area contributed by atoms with Gasteiger partial charge >= 0.3 is 5.97 Å². The summed E-state index contributed by atoms with van der Waals surface area (Å²) < 4.78 is 0. The van der Waals surface area contributed by atoms with E-state index >= 15 is 0 Å². The van der Waals surface area contributed by atoms with Crippen molar-refractivity contribution in [3.8, 4) is 5.75 Å². The molecule has 116 valence electrons. The molecular weight excluding hydrogens is 300 g/mol. The minimum atomic E-state index is -1.30. The van der Waals surface area contributed by atoms with Crippen molar-refractivity contribution in [1.29, 1.82) is 0 Å². The monoisotopic (exact) mass is 312 g/mol. The van der Waals surface area contributed by atoms with E-state index in [1.54, 1.807) is 13.0 Å². The number of carbonyl (C=O) groups is 2. The summed E-state index contributed by atoms with van der Waals surface area (Å²) in [5.74, 6) is -2.15. The molecule has 0 aromatic heterocycles. The lowest BCUT2D eigenvalue weighted by Gasteiger charge is -2.08. The standard InChI is InChI=1S/C16H12N2O5/c1-9-6-10(2-4-13(9)17-8-19)15(21)18-11-3-5-14(20)12(7-11)16(22)23/h2-7,20H,1H3,(H,18,21)(H,22,23). The first-order valence-electron chi connectivity index (χ1n) is 6.48. The fourth-order valence-electron chi connectivity index (χ4n) is 1.96. The second-order valence-corrected chi connectivity index (χ2v) is 4.70. The zero-order chi connectivity index (χ0) is 17.0. The van der Waals surface area contributed by atoms with Crippen LogP contribution in [0.25, 0.3) is 0 Å². The average Bonchev–Trinajstić information content (AvgIpc) is 2.51. The Kier molecular flexibility index (Phi) is 4.54. The van der Waals surface area contributed by atoms with E-state index < -0.39 is 11.9 Å². The van der Waals surface area contributed by atoms with Gasteiger partial charge in [-0.05, 0) is 48.9 Å². The summed E-state index contributed by atoms with van der Waals surface area (Å²) in [5.41, 5.74) is 1.28. The summed E-state index contributed by atoms with van der Waals surface area (Å²) >= 11 is 0. The van der Waals surface area contributed by atoms with Crippen molar-refractivity contribution in [2.24, 2.45) is 4.99 Å². The normalized spacial score (nSPS) is 9.78. The van der Waals surface area contributed by atoms with Crippen LogP contribution in [0.15, 0.2) is 41.4 Å². The number of anilines is 1. The number of benzene rings is 2. The first-order valence-corrected chi connectivity index (χ1v) is 6.48. The molecule has 0 unspecified atom stereocenters.